The minimum Gasteiger partial charge on any atom is -0.477 e. The Balaban J connectivity index is 1.28. The number of hydrogen-bond donors (Lipinski definition) is 4. The maximum absolute atomic E-state index is 13.2. The highest BCUT2D eigenvalue weighted by molar-refractivity contribution is 8.01. The molecule has 2 aliphatic rings. The summed E-state index contributed by atoms with van der Waals surface area (Å²) in [6, 6.07) is 2.73. The monoisotopic (exact) mass is 647 g/mol. The summed E-state index contributed by atoms with van der Waals surface area (Å²) in [5.41, 5.74) is 7.02. The van der Waals surface area contributed by atoms with Gasteiger partial charge in [0.2, 0.25) is 5.16 Å². The molecule has 3 atom stereocenters. The van der Waals surface area contributed by atoms with Crippen molar-refractivity contribution in [2.45, 2.75) is 40.2 Å². The molecule has 5 N–H and O–H groups in total. The Morgan fingerprint density at radius 1 is 1.40 bits per heavy atom. The number of carboxylic acid groups (broad SMARTS) is 1. The number of nitrogens with two attached hydrogens (primary N) is 1. The summed E-state index contributed by atoms with van der Waals surface area (Å²) in [6.45, 7) is 1.94. The average Bonchev–Trinajstić information content (AvgIpc) is 3.64. The molecule has 2 amide bonds. The zero-order chi connectivity index (χ0) is 29.8. The van der Waals surface area contributed by atoms with Crippen molar-refractivity contribution in [3.05, 3.63) is 41.2 Å². The molecule has 220 valence electrons. The first-order valence-corrected chi connectivity index (χ1v) is 16.2. The number of carbonyl (C=O) groups is 3. The van der Waals surface area contributed by atoms with Crippen LogP contribution in [0.25, 0.3) is 11.4 Å². The van der Waals surface area contributed by atoms with E-state index in [1.807, 2.05) is 13.0 Å². The molecule has 3 aromatic heterocycles. The van der Waals surface area contributed by atoms with E-state index in [1.54, 1.807) is 23.8 Å². The van der Waals surface area contributed by atoms with Gasteiger partial charge in [-0.1, -0.05) is 35.6 Å². The summed E-state index contributed by atoms with van der Waals surface area (Å²) in [7, 11) is 1.32. The van der Waals surface area contributed by atoms with Crippen molar-refractivity contribution in [3.8, 4) is 11.4 Å². The molecule has 0 spiro atoms. The topological polar surface area (TPSA) is 202 Å². The van der Waals surface area contributed by atoms with Crippen LogP contribution in [0.3, 0.4) is 0 Å². The number of oxime groups is 1. The third-order valence-corrected chi connectivity index (χ3v) is 10.6. The number of nitrogen functional groups attached to an aromatic ring is 1. The van der Waals surface area contributed by atoms with Crippen LogP contribution in [0.1, 0.15) is 13.3 Å². The Kier molecular flexibility index (Phi) is 9.34. The Morgan fingerprint density at radius 2 is 2.24 bits per heavy atom. The van der Waals surface area contributed by atoms with Crippen molar-refractivity contribution in [2.75, 3.05) is 24.3 Å². The molecule has 5 rings (SSSR count). The molecule has 18 heteroatoms. The number of H-pyrrole nitrogens is 1. The summed E-state index contributed by atoms with van der Waals surface area (Å²) in [5.74, 6) is -1.27. The number of rotatable bonds is 12. The zero-order valence-corrected chi connectivity index (χ0v) is 25.5. The Hall–Kier alpha value is -3.61. The fourth-order valence-electron chi connectivity index (χ4n) is 4.30. The normalized spacial score (nSPS) is 19.2. The van der Waals surface area contributed by atoms with Gasteiger partial charge < -0.3 is 21.0 Å². The van der Waals surface area contributed by atoms with E-state index in [-0.39, 0.29) is 22.4 Å². The molecule has 14 nitrogen and oxygen atoms in total. The number of aliphatic carboxylic acids is 1. The number of amides is 2. The molecule has 5 heterocycles. The number of fused-ring (bicyclic) bond motifs is 1. The molecule has 0 radical (unpaired) electrons. The lowest BCUT2D eigenvalue weighted by molar-refractivity contribution is -0.150. The van der Waals surface area contributed by atoms with E-state index in [0.717, 1.165) is 5.56 Å². The van der Waals surface area contributed by atoms with E-state index in [1.165, 1.54) is 58.6 Å². The molecule has 0 aromatic carbocycles. The van der Waals surface area contributed by atoms with Crippen LogP contribution in [0.15, 0.2) is 56.5 Å². The average molecular weight is 648 g/mol. The molecule has 1 fully saturated rings. The second-order valence-electron chi connectivity index (χ2n) is 8.80. The lowest BCUT2D eigenvalue weighted by Gasteiger charge is -2.50. The maximum Gasteiger partial charge on any atom is 0.352 e. The molecule has 1 saturated heterocycles. The third-order valence-electron chi connectivity index (χ3n) is 6.22. The first-order valence-electron chi connectivity index (χ1n) is 12.5. The van der Waals surface area contributed by atoms with Gasteiger partial charge in [0, 0.05) is 34.3 Å². The number of aromatic amines is 1. The predicted molar refractivity (Wildman–Crippen MR) is 161 cm³/mol. The van der Waals surface area contributed by atoms with Crippen LogP contribution >= 0.6 is 46.6 Å². The maximum atomic E-state index is 13.2. The molecule has 0 bridgehead atoms. The fourth-order valence-corrected chi connectivity index (χ4v) is 8.36. The largest absolute Gasteiger partial charge is 0.477 e. The highest BCUT2D eigenvalue weighted by Crippen LogP contribution is 2.44. The van der Waals surface area contributed by atoms with E-state index in [9.17, 15) is 19.5 Å². The number of carbonyl (C=O) groups excluding carboxylic acids is 2. The number of anilines is 1. The van der Waals surface area contributed by atoms with Gasteiger partial charge >= 0.3 is 5.97 Å². The van der Waals surface area contributed by atoms with Gasteiger partial charge in [-0.15, -0.1) is 28.2 Å². The standard InChI is InChI=1S/C24H25N9O5S4/c1-3-14(42-24-29-18(30-31-24)11-5-4-6-26-7-11)12-8-40-21-16(20(35)33(21)17(12)22(36)37)28-19(34)13(32-38-2)9-39-15-10-41-23(25)27-15/h4-7,10,14,16,21H,3,8-9H2,1-2H3,(H2,25,27)(H,28,34)(H,36,37)(H,29,30,31)/t14?,16-,21+/m1/s1. The first kappa shape index (κ1) is 29.9. The zero-order valence-electron chi connectivity index (χ0n) is 22.2. The molecular formula is C24H25N9O5S4. The summed E-state index contributed by atoms with van der Waals surface area (Å²) >= 11 is 5.24. The van der Waals surface area contributed by atoms with E-state index in [4.69, 9.17) is 10.6 Å². The van der Waals surface area contributed by atoms with Gasteiger partial charge in [-0.3, -0.25) is 24.6 Å². The molecule has 2 aliphatic heterocycles. The van der Waals surface area contributed by atoms with Gasteiger partial charge in [-0.2, -0.15) is 0 Å². The van der Waals surface area contributed by atoms with Crippen molar-refractivity contribution in [3.63, 3.8) is 0 Å². The molecule has 1 unspecified atom stereocenters. The number of nitrogens with zero attached hydrogens (tertiary/aromatic N) is 6. The van der Waals surface area contributed by atoms with Crippen molar-refractivity contribution >= 4 is 75.2 Å². The minimum atomic E-state index is -1.21. The second-order valence-corrected chi connectivity index (χ2v) is 13.0. The lowest BCUT2D eigenvalue weighted by Crippen LogP contribution is -2.71. The predicted octanol–water partition coefficient (Wildman–Crippen LogP) is 2.31. The minimum absolute atomic E-state index is 0.0513. The van der Waals surface area contributed by atoms with Crippen molar-refractivity contribution in [1.82, 2.24) is 35.4 Å². The summed E-state index contributed by atoms with van der Waals surface area (Å²) in [4.78, 5) is 57.5. The molecular weight excluding hydrogens is 623 g/mol. The fraction of sp³-hybridized carbons (Fsp3) is 0.333. The highest BCUT2D eigenvalue weighted by Gasteiger charge is 2.55. The number of carboxylic acids is 1. The van der Waals surface area contributed by atoms with Crippen molar-refractivity contribution < 1.29 is 24.3 Å². The number of thioether (sulfide) groups is 3. The highest BCUT2D eigenvalue weighted by atomic mass is 32.2. The molecule has 0 aliphatic carbocycles. The second kappa shape index (κ2) is 13.1. The van der Waals surface area contributed by atoms with E-state index >= 15 is 0 Å². The van der Waals surface area contributed by atoms with Crippen molar-refractivity contribution in [2.24, 2.45) is 5.16 Å². The number of hydrogen-bond acceptors (Lipinski definition) is 14. The number of thiazole rings is 1. The van der Waals surface area contributed by atoms with Crippen LogP contribution in [0.2, 0.25) is 0 Å². The quantitative estimate of drug-likeness (QED) is 0.0966. The van der Waals surface area contributed by atoms with Crippen LogP contribution in [0.5, 0.6) is 0 Å². The molecule has 0 saturated carbocycles. The number of pyridine rings is 1. The van der Waals surface area contributed by atoms with Gasteiger partial charge in [0.15, 0.2) is 16.7 Å². The number of β-lactam (4-membered cyclic amide) rings is 1. The van der Waals surface area contributed by atoms with E-state index < -0.39 is 29.2 Å². The van der Waals surface area contributed by atoms with Crippen LogP contribution in [0, 0.1) is 0 Å². The van der Waals surface area contributed by atoms with E-state index in [0.29, 0.717) is 38.9 Å². The number of nitrogens with one attached hydrogen (secondary N) is 2. The third kappa shape index (κ3) is 6.25. The van der Waals surface area contributed by atoms with Gasteiger partial charge in [0.1, 0.15) is 29.2 Å². The van der Waals surface area contributed by atoms with E-state index in [2.05, 4.69) is 35.6 Å². The van der Waals surface area contributed by atoms with Gasteiger partial charge in [0.05, 0.1) is 5.75 Å². The summed E-state index contributed by atoms with van der Waals surface area (Å²) in [6.07, 6.45) is 3.91. The lowest BCUT2D eigenvalue weighted by atomic mass is 10.0. The summed E-state index contributed by atoms with van der Waals surface area (Å²) < 4.78 is 0. The van der Waals surface area contributed by atoms with Gasteiger partial charge in [-0.25, -0.2) is 14.8 Å². The van der Waals surface area contributed by atoms with Crippen LogP contribution in [-0.2, 0) is 19.2 Å². The Morgan fingerprint density at radius 3 is 2.90 bits per heavy atom. The first-order chi connectivity index (χ1) is 20.3. The Bertz CT molecular complexity index is 1540. The number of aromatic nitrogens is 5. The molecule has 3 aromatic rings. The van der Waals surface area contributed by atoms with Crippen LogP contribution in [0.4, 0.5) is 5.13 Å². The van der Waals surface area contributed by atoms with Crippen molar-refractivity contribution in [1.29, 1.82) is 0 Å². The van der Waals surface area contributed by atoms with Crippen LogP contribution < -0.4 is 11.1 Å². The Labute approximate surface area is 256 Å². The smallest absolute Gasteiger partial charge is 0.352 e. The summed E-state index contributed by atoms with van der Waals surface area (Å²) in [5, 5.41) is 26.2. The van der Waals surface area contributed by atoms with Gasteiger partial charge in [0.25, 0.3) is 11.8 Å². The SMILES string of the molecule is CCC(Sc1n[nH]c(-c2cccnc2)n1)C1=C(C(=O)O)N2C(=O)[C@@H](NC(=O)C(CSc3csc(N)n3)=NOC)[C@@H]2SC1. The van der Waals surface area contributed by atoms with Gasteiger partial charge in [-0.05, 0) is 24.1 Å². The molecule has 42 heavy (non-hydrogen) atoms. The van der Waals surface area contributed by atoms with Crippen LogP contribution in [-0.4, -0.2) is 93.9 Å².